The number of rotatable bonds is 1. The SMILES string of the molecule is O=S(=O)(O)C(O)S. The zero-order valence-corrected chi connectivity index (χ0v) is 4.85. The minimum Gasteiger partial charge on any atom is -0.367 e. The van der Waals surface area contributed by atoms with E-state index in [4.69, 9.17) is 9.66 Å². The van der Waals surface area contributed by atoms with E-state index < -0.39 is 14.9 Å². The summed E-state index contributed by atoms with van der Waals surface area (Å²) in [7, 11) is -4.32. The van der Waals surface area contributed by atoms with Crippen LogP contribution in [0.1, 0.15) is 0 Å². The maximum Gasteiger partial charge on any atom is 0.301 e. The molecule has 1 unspecified atom stereocenters. The summed E-state index contributed by atoms with van der Waals surface area (Å²) in [5, 5.41) is 7.92. The topological polar surface area (TPSA) is 74.6 Å². The summed E-state index contributed by atoms with van der Waals surface area (Å²) >= 11 is 3.00. The highest BCUT2D eigenvalue weighted by molar-refractivity contribution is 8.01. The van der Waals surface area contributed by atoms with Gasteiger partial charge in [-0.3, -0.25) is 4.55 Å². The summed E-state index contributed by atoms with van der Waals surface area (Å²) in [4.78, 5) is 0. The van der Waals surface area contributed by atoms with Gasteiger partial charge in [-0.15, -0.1) is 12.6 Å². The molecule has 0 radical (unpaired) electrons. The van der Waals surface area contributed by atoms with Crippen LogP contribution in [0.25, 0.3) is 0 Å². The van der Waals surface area contributed by atoms with Crippen molar-refractivity contribution in [3.8, 4) is 0 Å². The quantitative estimate of drug-likeness (QED) is 0.253. The van der Waals surface area contributed by atoms with E-state index in [0.29, 0.717) is 0 Å². The number of hydrogen-bond acceptors (Lipinski definition) is 4. The molecule has 0 aromatic carbocycles. The molecule has 2 N–H and O–H groups in total. The number of thiol groups is 1. The molecule has 0 saturated heterocycles. The lowest BCUT2D eigenvalue weighted by atomic mass is 11.7. The van der Waals surface area contributed by atoms with Crippen molar-refractivity contribution in [2.45, 2.75) is 4.77 Å². The fraction of sp³-hybridized carbons (Fsp3) is 1.00. The molecule has 0 aliphatic rings. The lowest BCUT2D eigenvalue weighted by Gasteiger charge is -1.93. The predicted octanol–water partition coefficient (Wildman–Crippen LogP) is -0.920. The van der Waals surface area contributed by atoms with Crippen LogP contribution in [0.5, 0.6) is 0 Å². The molecule has 0 aromatic rings. The van der Waals surface area contributed by atoms with Crippen LogP contribution >= 0.6 is 12.6 Å². The first-order valence-corrected chi connectivity index (χ1v) is 3.29. The minimum atomic E-state index is -4.32. The maximum atomic E-state index is 9.56. The molecule has 0 heterocycles. The standard InChI is InChI=1S/CH4O4S2/c2-1(6)7(3,4)5/h1-2,6H,(H,3,4,5). The number of aliphatic hydroxyl groups is 1. The third kappa shape index (κ3) is 2.86. The van der Waals surface area contributed by atoms with E-state index in [9.17, 15) is 8.42 Å². The maximum absolute atomic E-state index is 9.56. The molecule has 4 nitrogen and oxygen atoms in total. The normalized spacial score (nSPS) is 16.4. The van der Waals surface area contributed by atoms with Gasteiger partial charge in [-0.2, -0.15) is 8.42 Å². The average Bonchev–Trinajstić information content (AvgIpc) is 1.31. The Bertz CT molecular complexity index is 132. The molecule has 44 valence electrons. The minimum absolute atomic E-state index is 1.98. The van der Waals surface area contributed by atoms with Crippen LogP contribution in [0, 0.1) is 0 Å². The van der Waals surface area contributed by atoms with Crippen LogP contribution in [0.3, 0.4) is 0 Å². The number of aliphatic hydroxyl groups excluding tert-OH is 1. The highest BCUT2D eigenvalue weighted by Gasteiger charge is 2.12. The Morgan fingerprint density at radius 1 is 1.57 bits per heavy atom. The molecule has 0 aliphatic carbocycles. The second-order valence-electron chi connectivity index (χ2n) is 0.841. The zero-order chi connectivity index (χ0) is 6.08. The molecule has 0 rings (SSSR count). The highest BCUT2D eigenvalue weighted by Crippen LogP contribution is 1.95. The molecule has 0 aromatic heterocycles. The van der Waals surface area contributed by atoms with Gasteiger partial charge in [0.15, 0.2) is 0 Å². The van der Waals surface area contributed by atoms with E-state index in [0.717, 1.165) is 0 Å². The van der Waals surface area contributed by atoms with Crippen LogP contribution in [0.2, 0.25) is 0 Å². The van der Waals surface area contributed by atoms with Gasteiger partial charge in [-0.1, -0.05) is 0 Å². The van der Waals surface area contributed by atoms with Crippen molar-refractivity contribution in [3.05, 3.63) is 0 Å². The molecule has 0 saturated carbocycles. The molecule has 0 aliphatic heterocycles. The van der Waals surface area contributed by atoms with Gasteiger partial charge >= 0.3 is 10.1 Å². The predicted molar refractivity (Wildman–Crippen MR) is 26.5 cm³/mol. The fourth-order valence-corrected chi connectivity index (χ4v) is 0. The molecular formula is CH4O4S2. The monoisotopic (exact) mass is 144 g/mol. The zero-order valence-electron chi connectivity index (χ0n) is 3.14. The van der Waals surface area contributed by atoms with Crippen molar-refractivity contribution in [3.63, 3.8) is 0 Å². The lowest BCUT2D eigenvalue weighted by Crippen LogP contribution is -2.11. The smallest absolute Gasteiger partial charge is 0.301 e. The summed E-state index contributed by atoms with van der Waals surface area (Å²) in [6, 6.07) is 0. The average molecular weight is 144 g/mol. The summed E-state index contributed by atoms with van der Waals surface area (Å²) in [5.41, 5.74) is 0. The molecule has 0 bridgehead atoms. The van der Waals surface area contributed by atoms with Crippen LogP contribution in [-0.4, -0.2) is 22.8 Å². The molecule has 7 heavy (non-hydrogen) atoms. The largest absolute Gasteiger partial charge is 0.367 e. The second kappa shape index (κ2) is 1.99. The molecule has 0 spiro atoms. The van der Waals surface area contributed by atoms with E-state index in [1.165, 1.54) is 0 Å². The first-order chi connectivity index (χ1) is 2.94. The van der Waals surface area contributed by atoms with Crippen LogP contribution in [-0.2, 0) is 10.1 Å². The van der Waals surface area contributed by atoms with Crippen LogP contribution in [0.4, 0.5) is 0 Å². The lowest BCUT2D eigenvalue weighted by molar-refractivity contribution is 0.310. The van der Waals surface area contributed by atoms with Crippen molar-refractivity contribution < 1.29 is 18.1 Å². The first kappa shape index (κ1) is 7.22. The first-order valence-electron chi connectivity index (χ1n) is 1.27. The molecule has 1 atom stereocenters. The Morgan fingerprint density at radius 2 is 1.71 bits per heavy atom. The van der Waals surface area contributed by atoms with Gasteiger partial charge < -0.3 is 5.11 Å². The summed E-state index contributed by atoms with van der Waals surface area (Å²) in [5.74, 6) is 0. The summed E-state index contributed by atoms with van der Waals surface area (Å²) in [6.07, 6.45) is 0. The van der Waals surface area contributed by atoms with E-state index >= 15 is 0 Å². The Labute approximate surface area is 46.3 Å². The van der Waals surface area contributed by atoms with Gasteiger partial charge in [0.05, 0.1) is 0 Å². The van der Waals surface area contributed by atoms with E-state index in [1.54, 1.807) is 0 Å². The van der Waals surface area contributed by atoms with Gasteiger partial charge in [0.25, 0.3) is 0 Å². The molecule has 6 heteroatoms. The van der Waals surface area contributed by atoms with Gasteiger partial charge in [0, 0.05) is 0 Å². The van der Waals surface area contributed by atoms with E-state index in [-0.39, 0.29) is 0 Å². The van der Waals surface area contributed by atoms with Crippen molar-refractivity contribution >= 4 is 22.7 Å². The summed E-state index contributed by atoms with van der Waals surface area (Å²) < 4.78 is 24.9. The Morgan fingerprint density at radius 3 is 1.71 bits per heavy atom. The van der Waals surface area contributed by atoms with Gasteiger partial charge in [0.2, 0.25) is 4.77 Å². The Hall–Kier alpha value is 0.220. The van der Waals surface area contributed by atoms with Crippen LogP contribution < -0.4 is 0 Å². The van der Waals surface area contributed by atoms with E-state index in [1.807, 2.05) is 0 Å². The molecule has 0 amide bonds. The van der Waals surface area contributed by atoms with Crippen molar-refractivity contribution in [2.75, 3.05) is 0 Å². The number of hydrogen-bond donors (Lipinski definition) is 3. The van der Waals surface area contributed by atoms with Crippen molar-refractivity contribution in [2.24, 2.45) is 0 Å². The second-order valence-corrected chi connectivity index (χ2v) is 3.16. The van der Waals surface area contributed by atoms with Gasteiger partial charge in [0.1, 0.15) is 0 Å². The Kier molecular flexibility index (Phi) is 2.06. The third-order valence-corrected chi connectivity index (χ3v) is 1.60. The fourth-order valence-electron chi connectivity index (χ4n) is 0. The van der Waals surface area contributed by atoms with E-state index in [2.05, 4.69) is 12.6 Å². The van der Waals surface area contributed by atoms with Crippen molar-refractivity contribution in [1.82, 2.24) is 0 Å². The van der Waals surface area contributed by atoms with Crippen LogP contribution in [0.15, 0.2) is 0 Å². The van der Waals surface area contributed by atoms with Gasteiger partial charge in [-0.05, 0) is 0 Å². The molecular weight excluding hydrogens is 140 g/mol. The highest BCUT2D eigenvalue weighted by atomic mass is 32.3. The van der Waals surface area contributed by atoms with Gasteiger partial charge in [-0.25, -0.2) is 0 Å². The third-order valence-electron chi connectivity index (χ3n) is 0.266. The summed E-state index contributed by atoms with van der Waals surface area (Å²) in [6.45, 7) is 0. The van der Waals surface area contributed by atoms with Crippen molar-refractivity contribution in [1.29, 1.82) is 0 Å². The Balaban J connectivity index is 4.10. The molecule has 0 fully saturated rings.